The molecule has 2 heterocycles. The molecule has 0 atom stereocenters. The van der Waals surface area contributed by atoms with Gasteiger partial charge in [-0.15, -0.1) is 0 Å². The van der Waals surface area contributed by atoms with Gasteiger partial charge in [-0.05, 0) is 324 Å². The molecule has 0 fully saturated rings. The summed E-state index contributed by atoms with van der Waals surface area (Å²) in [6.07, 6.45) is 0. The SMILES string of the molecule is CN(c1ccccc1)c1ccc(-n2c3ccc(-c4ccc5c(c4)C(C)(C)c4ccccc4-5)cc3c3cc(-c4ccc5c(c4)C(C)(C)c4ccccc4-5)ccc32)cc1.CN(c1ccccc1)c1ccc(-n2c3ccc(-c4ccc5c(c4)C4(c6ccccc6-c6ccccc64)c4ccccc4-5)cc3c3cc(-c4ccc5c(c4)C4(c6ccccc6-c6ccccc64)c4ccccc4-5)ccc32)cc1. The highest BCUT2D eigenvalue weighted by atomic mass is 15.1. The number of rotatable bonds is 10. The van der Waals surface area contributed by atoms with Crippen LogP contribution in [0.3, 0.4) is 0 Å². The highest BCUT2D eigenvalue weighted by molar-refractivity contribution is 6.14. The van der Waals surface area contributed by atoms with Crippen molar-refractivity contribution in [3.63, 3.8) is 0 Å². The van der Waals surface area contributed by atoms with Crippen molar-refractivity contribution >= 4 is 66.4 Å². The van der Waals surface area contributed by atoms with Crippen LogP contribution in [0.25, 0.3) is 166 Å². The lowest BCUT2D eigenvalue weighted by atomic mass is 9.70. The maximum Gasteiger partial charge on any atom is 0.0725 e. The van der Waals surface area contributed by atoms with Crippen LogP contribution in [0.2, 0.25) is 0 Å². The van der Waals surface area contributed by atoms with Crippen molar-refractivity contribution < 1.29 is 0 Å². The molecule has 20 aromatic carbocycles. The Morgan fingerprint density at radius 3 is 0.627 bits per heavy atom. The summed E-state index contributed by atoms with van der Waals surface area (Å²) in [6.45, 7) is 9.45. The molecule has 0 amide bonds. The second-order valence-corrected chi connectivity index (χ2v) is 38.6. The third-order valence-electron chi connectivity index (χ3n) is 31.3. The lowest BCUT2D eigenvalue weighted by molar-refractivity contribution is 0.660. The van der Waals surface area contributed by atoms with Crippen LogP contribution in [0.4, 0.5) is 22.7 Å². The van der Waals surface area contributed by atoms with Gasteiger partial charge in [-0.2, -0.15) is 0 Å². The Kier molecular flexibility index (Phi) is 16.8. The van der Waals surface area contributed by atoms with E-state index >= 15 is 0 Å². The predicted molar refractivity (Wildman–Crippen MR) is 560 cm³/mol. The number of aromatic nitrogens is 2. The number of benzene rings is 20. The Labute approximate surface area is 781 Å². The zero-order chi connectivity index (χ0) is 89.2. The van der Waals surface area contributed by atoms with E-state index in [0.29, 0.717) is 0 Å². The number of hydrogen-bond acceptors (Lipinski definition) is 2. The molecule has 2 aromatic heterocycles. The summed E-state index contributed by atoms with van der Waals surface area (Å²) in [6, 6.07) is 169. The Hall–Kier alpha value is -16.4. The van der Waals surface area contributed by atoms with Gasteiger partial charge in [-0.3, -0.25) is 0 Å². The Morgan fingerprint density at radius 2 is 0.358 bits per heavy atom. The number of nitrogens with zero attached hydrogens (tertiary/aromatic N) is 4. The van der Waals surface area contributed by atoms with E-state index in [0.717, 1.165) is 28.4 Å². The molecule has 0 aliphatic heterocycles. The zero-order valence-corrected chi connectivity index (χ0v) is 75.5. The molecule has 0 radical (unpaired) electrons. The first-order chi connectivity index (χ1) is 65.8. The maximum atomic E-state index is 2.51. The standard InChI is InChI=1S/C75H48N2.C55H44N2/c1-76(51-17-3-2-4-18-51)52-35-37-53(38-36-52)77-72-41-33-47(49-31-39-60-58-23-9-15-29-68(58)74(70(60)45-49)64-25-11-5-19-54(64)55-20-6-12-26-65(55)74)43-62(72)63-44-48(34-42-73(63)77)50-32-40-61-59-24-10-16-30-69(59)75(71(61)46-50)66-27-13-7-21-56(66)57-22-8-14-28-67(57)75;1-54(2)48-17-11-9-15-42(48)44-27-19-37(33-50(44)54)35-21-29-52-46(31-35)47-32-36(38-20-28-45-43-16-10-12-18-49(43)55(3,4)51(45)34-38)22-30-53(47)57(52)41-25-23-40(24-26-41)56(5)39-13-7-6-8-14-39/h2-46H,1H3;6-34H,1-5H3. The molecular formula is C130H92N4. The predicted octanol–water partition coefficient (Wildman–Crippen LogP) is 33.1. The van der Waals surface area contributed by atoms with E-state index in [1.807, 2.05) is 0 Å². The molecule has 28 rings (SSSR count). The molecule has 4 heteroatoms. The smallest absolute Gasteiger partial charge is 0.0725 e. The molecule has 0 bridgehead atoms. The van der Waals surface area contributed by atoms with Gasteiger partial charge in [0.05, 0.1) is 32.9 Å². The minimum atomic E-state index is -0.413. The average molecular weight is 1710 g/mol. The summed E-state index contributed by atoms with van der Waals surface area (Å²) in [5.74, 6) is 0. The Morgan fingerprint density at radius 1 is 0.164 bits per heavy atom. The molecular weight excluding hydrogens is 1620 g/mol. The first-order valence-electron chi connectivity index (χ1n) is 47.1. The van der Waals surface area contributed by atoms with Gasteiger partial charge in [0, 0.05) is 80.6 Å². The minimum Gasteiger partial charge on any atom is -0.345 e. The minimum absolute atomic E-state index is 0.0521. The van der Waals surface area contributed by atoms with Gasteiger partial charge in [0.15, 0.2) is 0 Å². The van der Waals surface area contributed by atoms with Crippen LogP contribution in [0, 0.1) is 0 Å². The second kappa shape index (κ2) is 29.0. The molecule has 0 unspecified atom stereocenters. The van der Waals surface area contributed by atoms with Crippen molar-refractivity contribution in [2.45, 2.75) is 49.4 Å². The largest absolute Gasteiger partial charge is 0.345 e. The van der Waals surface area contributed by atoms with E-state index in [-0.39, 0.29) is 10.8 Å². The Bertz CT molecular complexity index is 8170. The molecule has 0 saturated carbocycles. The van der Waals surface area contributed by atoms with Crippen LogP contribution in [-0.4, -0.2) is 23.2 Å². The maximum absolute atomic E-state index is 2.51. The van der Waals surface area contributed by atoms with E-state index < -0.39 is 10.8 Å². The van der Waals surface area contributed by atoms with E-state index in [1.54, 1.807) is 0 Å². The van der Waals surface area contributed by atoms with Crippen LogP contribution >= 0.6 is 0 Å². The first kappa shape index (κ1) is 77.5. The van der Waals surface area contributed by atoms with Gasteiger partial charge < -0.3 is 18.9 Å². The number of hydrogen-bond donors (Lipinski definition) is 0. The molecule has 4 nitrogen and oxygen atoms in total. The lowest BCUT2D eigenvalue weighted by Gasteiger charge is -2.30. The molecule has 0 N–H and O–H groups in total. The summed E-state index contributed by atoms with van der Waals surface area (Å²) in [5, 5.41) is 4.96. The summed E-state index contributed by atoms with van der Waals surface area (Å²) in [5.41, 5.74) is 52.9. The third-order valence-corrected chi connectivity index (χ3v) is 31.3. The van der Waals surface area contributed by atoms with Crippen molar-refractivity contribution in [2.75, 3.05) is 23.9 Å². The molecule has 6 aliphatic carbocycles. The van der Waals surface area contributed by atoms with Crippen LogP contribution in [0.1, 0.15) is 94.5 Å². The van der Waals surface area contributed by atoms with E-state index in [1.165, 1.54) is 227 Å². The van der Waals surface area contributed by atoms with Crippen molar-refractivity contribution in [1.82, 2.24) is 9.13 Å². The van der Waals surface area contributed by atoms with E-state index in [4.69, 9.17) is 0 Å². The topological polar surface area (TPSA) is 16.3 Å². The number of anilines is 4. The fraction of sp³-hybridized carbons (Fsp3) is 0.0769. The zero-order valence-electron chi connectivity index (χ0n) is 75.5. The highest BCUT2D eigenvalue weighted by Crippen LogP contribution is 2.66. The first-order valence-corrected chi connectivity index (χ1v) is 47.1. The molecule has 134 heavy (non-hydrogen) atoms. The number of para-hydroxylation sites is 2. The van der Waals surface area contributed by atoms with Crippen molar-refractivity contribution in [3.05, 3.63) is 516 Å². The van der Waals surface area contributed by atoms with Gasteiger partial charge in [-0.25, -0.2) is 0 Å². The molecule has 6 aliphatic rings. The van der Waals surface area contributed by atoms with Gasteiger partial charge in [-0.1, -0.05) is 331 Å². The van der Waals surface area contributed by atoms with Crippen LogP contribution in [0.15, 0.2) is 449 Å². The van der Waals surface area contributed by atoms with E-state index in [9.17, 15) is 0 Å². The van der Waals surface area contributed by atoms with Crippen molar-refractivity contribution in [3.8, 4) is 123 Å². The molecule has 0 saturated heterocycles. The van der Waals surface area contributed by atoms with Gasteiger partial charge in [0.2, 0.25) is 0 Å². The van der Waals surface area contributed by atoms with Crippen molar-refractivity contribution in [1.29, 1.82) is 0 Å². The third kappa shape index (κ3) is 11.0. The quantitative estimate of drug-likeness (QED) is 0.136. The molecule has 22 aromatic rings. The van der Waals surface area contributed by atoms with E-state index in [2.05, 4.69) is 510 Å². The lowest BCUT2D eigenvalue weighted by Crippen LogP contribution is -2.25. The van der Waals surface area contributed by atoms with Crippen LogP contribution in [0.5, 0.6) is 0 Å². The van der Waals surface area contributed by atoms with Crippen LogP contribution < -0.4 is 9.80 Å². The second-order valence-electron chi connectivity index (χ2n) is 38.6. The summed E-state index contributed by atoms with van der Waals surface area (Å²) in [4.78, 5) is 4.49. The summed E-state index contributed by atoms with van der Waals surface area (Å²) in [7, 11) is 4.27. The fourth-order valence-corrected chi connectivity index (χ4v) is 24.9. The number of fused-ring (bicyclic) bond motifs is 32. The normalized spacial score (nSPS) is 14.1. The monoisotopic (exact) mass is 1710 g/mol. The molecule has 632 valence electrons. The van der Waals surface area contributed by atoms with Gasteiger partial charge >= 0.3 is 0 Å². The fourth-order valence-electron chi connectivity index (χ4n) is 24.9. The average Bonchev–Trinajstić information content (AvgIpc) is 1.51. The van der Waals surface area contributed by atoms with Crippen molar-refractivity contribution in [2.24, 2.45) is 0 Å². The summed E-state index contributed by atoms with van der Waals surface area (Å²) < 4.78 is 4.90. The van der Waals surface area contributed by atoms with Gasteiger partial charge in [0.25, 0.3) is 0 Å². The Balaban J connectivity index is 0.000000143. The highest BCUT2D eigenvalue weighted by Gasteiger charge is 2.54. The van der Waals surface area contributed by atoms with Gasteiger partial charge in [0.1, 0.15) is 0 Å². The molecule has 2 spiro atoms. The van der Waals surface area contributed by atoms with Crippen LogP contribution in [-0.2, 0) is 21.7 Å². The summed E-state index contributed by atoms with van der Waals surface area (Å²) >= 11 is 0.